The number of cyclic esters (lactones) is 1. The average molecular weight is 1110 g/mol. The van der Waals surface area contributed by atoms with Gasteiger partial charge in [0.25, 0.3) is 5.56 Å². The van der Waals surface area contributed by atoms with E-state index in [0.717, 1.165) is 28.3 Å². The van der Waals surface area contributed by atoms with Gasteiger partial charge in [0.2, 0.25) is 32.7 Å². The van der Waals surface area contributed by atoms with Crippen molar-refractivity contribution in [2.75, 3.05) is 18.6 Å². The predicted octanol–water partition coefficient (Wildman–Crippen LogP) is 4.81. The second kappa shape index (κ2) is 23.0. The molecule has 1 aliphatic carbocycles. The van der Waals surface area contributed by atoms with E-state index >= 15 is 0 Å². The van der Waals surface area contributed by atoms with E-state index in [-0.39, 0.29) is 67.1 Å². The normalized spacial score (nSPS) is 16.7. The number of ether oxygens (including phenoxy) is 3. The van der Waals surface area contributed by atoms with Crippen LogP contribution in [0.2, 0.25) is 5.02 Å². The van der Waals surface area contributed by atoms with E-state index < -0.39 is 75.0 Å². The van der Waals surface area contributed by atoms with Gasteiger partial charge in [-0.2, -0.15) is 0 Å². The maximum atomic E-state index is 14.1. The molecule has 78 heavy (non-hydrogen) atoms. The molecule has 410 valence electrons. The Labute approximate surface area is 453 Å². The second-order valence-corrected chi connectivity index (χ2v) is 21.9. The maximum absolute atomic E-state index is 14.1. The number of fused-ring (bicyclic) bond motifs is 5. The molecule has 3 aromatic heterocycles. The van der Waals surface area contributed by atoms with Gasteiger partial charge in [0.1, 0.15) is 31.9 Å². The quantitative estimate of drug-likeness (QED) is 0.0249. The zero-order valence-corrected chi connectivity index (χ0v) is 45.4. The summed E-state index contributed by atoms with van der Waals surface area (Å²) in [5, 5.41) is 26.0. The summed E-state index contributed by atoms with van der Waals surface area (Å²) in [5.74, 6) is 2.94. The molecule has 5 amide bonds. The van der Waals surface area contributed by atoms with Gasteiger partial charge in [0, 0.05) is 65.8 Å². The SMILES string of the molecule is CC[C@@]1(O)C(=O)OCc2c1cc1n(c2=O)Cc2c-1nc1cc(Cl)c(C)c3c1c2[C@@H](NC(=O)OCc1ccc(NC(=O)[C@H](C)NC(=O)[C@@H](NC(=O)CCCC#Cc2cnc(S(C)(=O)=O)nc2)C(C)C)cc1COC(=O)NC)CC3. The highest BCUT2D eigenvalue weighted by Crippen LogP contribution is 2.46. The molecule has 4 atom stereocenters. The highest BCUT2D eigenvalue weighted by atomic mass is 35.5. The number of aromatic nitrogens is 4. The fraction of sp³-hybridized carbons (Fsp3) is 0.407. The molecule has 0 fully saturated rings. The van der Waals surface area contributed by atoms with Gasteiger partial charge >= 0.3 is 18.2 Å². The van der Waals surface area contributed by atoms with Crippen molar-refractivity contribution in [2.45, 2.75) is 128 Å². The Morgan fingerprint density at radius 3 is 2.38 bits per heavy atom. The Kier molecular flexibility index (Phi) is 16.6. The Bertz CT molecular complexity index is 3540. The topological polar surface area (TPSA) is 305 Å². The van der Waals surface area contributed by atoms with E-state index in [0.29, 0.717) is 69.9 Å². The van der Waals surface area contributed by atoms with E-state index in [1.165, 1.54) is 30.9 Å². The van der Waals surface area contributed by atoms with Gasteiger partial charge in [-0.15, -0.1) is 0 Å². The molecular weight excluding hydrogens is 1050 g/mol. The number of halogens is 1. The van der Waals surface area contributed by atoms with Crippen molar-refractivity contribution in [1.82, 2.24) is 40.8 Å². The Morgan fingerprint density at radius 2 is 1.69 bits per heavy atom. The minimum Gasteiger partial charge on any atom is -0.458 e. The number of aliphatic hydroxyl groups is 1. The number of unbranched alkanes of at least 4 members (excludes halogenated alkanes) is 1. The Balaban J connectivity index is 0.923. The number of hydrogen-bond donors (Lipinski definition) is 6. The van der Waals surface area contributed by atoms with Gasteiger partial charge in [-0.1, -0.05) is 50.3 Å². The summed E-state index contributed by atoms with van der Waals surface area (Å²) in [6, 6.07) is 5.38. The van der Waals surface area contributed by atoms with E-state index in [1.807, 2.05) is 6.92 Å². The lowest BCUT2D eigenvalue weighted by molar-refractivity contribution is -0.172. The standard InChI is InChI=1S/C54H58ClN9O13S/c1-8-54(72)37-19-41-46-35(23-64(41)49(68)36(37)26-75-50(54)69)44-39(17-16-34-28(4)38(55)20-40(61-46)43(34)44)62-53(71)77-24-31-14-15-33(18-32(31)25-76-52(70)56-6)60-47(66)29(5)59-48(67)45(27(2)3)63-42(65)13-11-9-10-12-30-21-57-51(58-22-30)78(7,73)74/h14-15,18-22,27,29,39,45,72H,8-9,11,13,16-17,23-26H2,1-7H3,(H,56,70)(H,59,67)(H,60,66)(H,62,71)(H,63,65)/t29-,39-,45-,54-/m0/s1. The van der Waals surface area contributed by atoms with Crippen molar-refractivity contribution in [1.29, 1.82) is 0 Å². The maximum Gasteiger partial charge on any atom is 0.407 e. The van der Waals surface area contributed by atoms with Crippen LogP contribution in [-0.2, 0) is 81.6 Å². The monoisotopic (exact) mass is 1110 g/mol. The summed E-state index contributed by atoms with van der Waals surface area (Å²) in [4.78, 5) is 105. The number of rotatable bonds is 16. The van der Waals surface area contributed by atoms with Gasteiger partial charge in [0.15, 0.2) is 5.60 Å². The highest BCUT2D eigenvalue weighted by Gasteiger charge is 2.46. The molecule has 2 aliphatic heterocycles. The summed E-state index contributed by atoms with van der Waals surface area (Å²) in [6.07, 6.45) is 3.76. The van der Waals surface area contributed by atoms with Crippen LogP contribution in [0.25, 0.3) is 22.3 Å². The molecule has 2 aromatic carbocycles. The van der Waals surface area contributed by atoms with Crippen LogP contribution in [0.15, 0.2) is 52.7 Å². The number of alkyl carbamates (subject to hydrolysis) is 2. The Hall–Kier alpha value is -7.94. The molecule has 8 rings (SSSR count). The van der Waals surface area contributed by atoms with Gasteiger partial charge in [-0.3, -0.25) is 19.2 Å². The van der Waals surface area contributed by atoms with Crippen molar-refractivity contribution in [2.24, 2.45) is 5.92 Å². The van der Waals surface area contributed by atoms with Crippen molar-refractivity contribution in [3.8, 4) is 23.2 Å². The summed E-state index contributed by atoms with van der Waals surface area (Å²) in [7, 11) is -2.16. The first-order valence-corrected chi connectivity index (χ1v) is 27.4. The zero-order valence-electron chi connectivity index (χ0n) is 43.8. The lowest BCUT2D eigenvalue weighted by Gasteiger charge is -2.31. The smallest absolute Gasteiger partial charge is 0.407 e. The largest absolute Gasteiger partial charge is 0.458 e. The van der Waals surface area contributed by atoms with Crippen LogP contribution in [-0.4, -0.2) is 94.3 Å². The van der Waals surface area contributed by atoms with Crippen LogP contribution < -0.4 is 32.1 Å². The lowest BCUT2D eigenvalue weighted by atomic mass is 9.82. The molecule has 22 nitrogen and oxygen atoms in total. The third-order valence-corrected chi connectivity index (χ3v) is 15.2. The first kappa shape index (κ1) is 56.3. The fourth-order valence-electron chi connectivity index (χ4n) is 9.69. The van der Waals surface area contributed by atoms with Crippen molar-refractivity contribution in [3.05, 3.63) is 108 Å². The molecule has 0 spiro atoms. The van der Waals surface area contributed by atoms with Crippen molar-refractivity contribution in [3.63, 3.8) is 0 Å². The number of benzene rings is 2. The molecule has 0 bridgehead atoms. The highest BCUT2D eigenvalue weighted by molar-refractivity contribution is 7.90. The predicted molar refractivity (Wildman–Crippen MR) is 283 cm³/mol. The molecule has 0 radical (unpaired) electrons. The van der Waals surface area contributed by atoms with Gasteiger partial charge in [-0.25, -0.2) is 37.8 Å². The lowest BCUT2D eigenvalue weighted by Crippen LogP contribution is -2.53. The Morgan fingerprint density at radius 1 is 0.974 bits per heavy atom. The summed E-state index contributed by atoms with van der Waals surface area (Å²) in [5.41, 5.74) is 3.97. The van der Waals surface area contributed by atoms with Crippen LogP contribution in [0.1, 0.15) is 116 Å². The molecule has 0 saturated carbocycles. The molecule has 3 aliphatic rings. The van der Waals surface area contributed by atoms with Gasteiger partial charge in [-0.05, 0) is 97.5 Å². The van der Waals surface area contributed by atoms with Crippen LogP contribution >= 0.6 is 11.6 Å². The van der Waals surface area contributed by atoms with Crippen LogP contribution in [0.3, 0.4) is 0 Å². The number of carbonyl (C=O) groups excluding carboxylic acids is 6. The minimum atomic E-state index is -3.55. The summed E-state index contributed by atoms with van der Waals surface area (Å²) in [6.45, 7) is 7.74. The third-order valence-electron chi connectivity index (χ3n) is 14.0. The minimum absolute atomic E-state index is 0.0251. The number of sulfone groups is 1. The van der Waals surface area contributed by atoms with Crippen LogP contribution in [0.4, 0.5) is 15.3 Å². The molecule has 24 heteroatoms. The molecule has 5 aromatic rings. The summed E-state index contributed by atoms with van der Waals surface area (Å²) < 4.78 is 41.1. The van der Waals surface area contributed by atoms with Gasteiger partial charge in [0.05, 0.1) is 40.6 Å². The van der Waals surface area contributed by atoms with E-state index in [4.69, 9.17) is 30.8 Å². The molecule has 0 saturated heterocycles. The number of esters is 1. The molecule has 6 N–H and O–H groups in total. The van der Waals surface area contributed by atoms with E-state index in [2.05, 4.69) is 48.4 Å². The van der Waals surface area contributed by atoms with E-state index in [9.17, 15) is 47.1 Å². The number of amides is 5. The van der Waals surface area contributed by atoms with Crippen molar-refractivity contribution >= 4 is 73.9 Å². The first-order chi connectivity index (χ1) is 37.0. The number of nitrogens with zero attached hydrogens (tertiary/aromatic N) is 4. The number of carbonyl (C=O) groups is 6. The van der Waals surface area contributed by atoms with E-state index in [1.54, 1.807) is 51.1 Å². The molecular formula is C54H58ClN9O13S. The summed E-state index contributed by atoms with van der Waals surface area (Å²) >= 11 is 6.75. The average Bonchev–Trinajstić information content (AvgIpc) is 3.81. The third kappa shape index (κ3) is 11.7. The first-order valence-electron chi connectivity index (χ1n) is 25.2. The number of nitrogens with one attached hydrogen (secondary N) is 5. The molecule has 5 heterocycles. The number of anilines is 1. The fourth-order valence-corrected chi connectivity index (χ4v) is 10.4. The van der Waals surface area contributed by atoms with Gasteiger partial charge < -0.3 is 50.5 Å². The van der Waals surface area contributed by atoms with Crippen LogP contribution in [0, 0.1) is 24.7 Å². The number of aryl methyl sites for hydroxylation is 1. The number of pyridine rings is 2. The number of hydrogen-bond acceptors (Lipinski definition) is 16. The molecule has 0 unspecified atom stereocenters. The van der Waals surface area contributed by atoms with Crippen LogP contribution in [0.5, 0.6) is 0 Å². The van der Waals surface area contributed by atoms with Crippen molar-refractivity contribution < 1.29 is 56.5 Å². The second-order valence-electron chi connectivity index (χ2n) is 19.6. The zero-order chi connectivity index (χ0) is 56.4.